The summed E-state index contributed by atoms with van der Waals surface area (Å²) in [6.07, 6.45) is 4.15. The molecule has 1 aliphatic carbocycles. The Morgan fingerprint density at radius 1 is 1.14 bits per heavy atom. The molecule has 0 atom stereocenters. The summed E-state index contributed by atoms with van der Waals surface area (Å²) in [4.78, 5) is 21.5. The lowest BCUT2D eigenvalue weighted by Crippen LogP contribution is -2.54. The quantitative estimate of drug-likeness (QED) is 0.552. The van der Waals surface area contributed by atoms with Crippen LogP contribution in [0.2, 0.25) is 0 Å². The summed E-state index contributed by atoms with van der Waals surface area (Å²) in [6, 6.07) is 0.236. The van der Waals surface area contributed by atoms with Gasteiger partial charge in [0.1, 0.15) is 5.60 Å². The lowest BCUT2D eigenvalue weighted by atomic mass is 10.0. The van der Waals surface area contributed by atoms with Crippen LogP contribution in [-0.4, -0.2) is 79.4 Å². The van der Waals surface area contributed by atoms with Gasteiger partial charge in [-0.2, -0.15) is 0 Å². The number of guanidine groups is 1. The first-order valence-electron chi connectivity index (χ1n) is 10.5. The van der Waals surface area contributed by atoms with Gasteiger partial charge in [0.25, 0.3) is 0 Å². The molecule has 0 aromatic heterocycles. The first kappa shape index (κ1) is 22.8. The van der Waals surface area contributed by atoms with Crippen molar-refractivity contribution in [3.05, 3.63) is 0 Å². The third kappa shape index (κ3) is 7.15. The zero-order valence-corrected chi connectivity index (χ0v) is 18.9. The Hall–Kier alpha value is -1.50. The smallest absolute Gasteiger partial charge is 0.410 e. The van der Waals surface area contributed by atoms with Gasteiger partial charge >= 0.3 is 6.09 Å². The van der Waals surface area contributed by atoms with Crippen LogP contribution in [0.4, 0.5) is 4.79 Å². The van der Waals surface area contributed by atoms with Crippen molar-refractivity contribution in [2.75, 3.05) is 40.3 Å². The number of nitrogens with zero attached hydrogens (tertiary/aromatic N) is 3. The second kappa shape index (κ2) is 9.33. The Morgan fingerprint density at radius 2 is 1.75 bits per heavy atom. The number of rotatable bonds is 6. The van der Waals surface area contributed by atoms with Crippen molar-refractivity contribution in [2.24, 2.45) is 10.9 Å². The average Bonchev–Trinajstić information content (AvgIpc) is 3.43. The Morgan fingerprint density at radius 3 is 2.21 bits per heavy atom. The first-order chi connectivity index (χ1) is 13.0. The van der Waals surface area contributed by atoms with Crippen LogP contribution in [0, 0.1) is 5.92 Å². The molecule has 7 nitrogen and oxygen atoms in total. The van der Waals surface area contributed by atoms with Crippen molar-refractivity contribution in [2.45, 2.75) is 77.5 Å². The molecule has 1 heterocycles. The molecule has 0 spiro atoms. The minimum absolute atomic E-state index is 0.165. The van der Waals surface area contributed by atoms with Gasteiger partial charge in [-0.15, -0.1) is 0 Å². The topological polar surface area (TPSA) is 66.4 Å². The van der Waals surface area contributed by atoms with Crippen LogP contribution in [0.15, 0.2) is 4.99 Å². The minimum Gasteiger partial charge on any atom is -0.444 e. The number of piperidine rings is 1. The maximum absolute atomic E-state index is 12.8. The highest BCUT2D eigenvalue weighted by Crippen LogP contribution is 2.32. The summed E-state index contributed by atoms with van der Waals surface area (Å²) >= 11 is 0. The zero-order chi connectivity index (χ0) is 20.9. The molecule has 1 saturated heterocycles. The summed E-state index contributed by atoms with van der Waals surface area (Å²) < 4.78 is 11.2. The average molecular weight is 397 g/mol. The number of aliphatic imine (C=N–C) groups is 1. The normalized spacial score (nSPS) is 19.5. The van der Waals surface area contributed by atoms with Gasteiger partial charge in [0.15, 0.2) is 5.96 Å². The lowest BCUT2D eigenvalue weighted by molar-refractivity contribution is 0.00889. The molecular weight excluding hydrogens is 356 g/mol. The Labute approximate surface area is 170 Å². The van der Waals surface area contributed by atoms with Crippen LogP contribution in [0.1, 0.15) is 60.3 Å². The van der Waals surface area contributed by atoms with Crippen molar-refractivity contribution in [3.63, 3.8) is 0 Å². The SMILES string of the molecule is CN=C(NCC(C)(C)OC)N1CCC(N(CC2CC2)C(=O)OC(C)(C)C)CC1. The number of amides is 1. The fraction of sp³-hybridized carbons (Fsp3) is 0.905. The summed E-state index contributed by atoms with van der Waals surface area (Å²) in [6.45, 7) is 13.2. The van der Waals surface area contributed by atoms with Gasteiger partial charge in [-0.1, -0.05) is 0 Å². The third-order valence-corrected chi connectivity index (χ3v) is 5.42. The maximum Gasteiger partial charge on any atom is 0.410 e. The first-order valence-corrected chi connectivity index (χ1v) is 10.5. The number of carbonyl (C=O) groups excluding carboxylic acids is 1. The molecule has 0 radical (unpaired) electrons. The number of nitrogens with one attached hydrogen (secondary N) is 1. The summed E-state index contributed by atoms with van der Waals surface area (Å²) in [5, 5.41) is 3.42. The Kier molecular flexibility index (Phi) is 7.59. The van der Waals surface area contributed by atoms with Crippen LogP contribution < -0.4 is 5.32 Å². The summed E-state index contributed by atoms with van der Waals surface area (Å²) in [5.74, 6) is 1.55. The standard InChI is InChI=1S/C21H40N4O3/c1-20(2,3)28-19(26)25(14-16-8-9-16)17-10-12-24(13-11-17)18(22-6)23-15-21(4,5)27-7/h16-17H,8-15H2,1-7H3,(H,22,23). The molecule has 0 aromatic rings. The van der Waals surface area contributed by atoms with Crippen LogP contribution >= 0.6 is 0 Å². The number of carbonyl (C=O) groups is 1. The number of likely N-dealkylation sites (tertiary alicyclic amines) is 1. The van der Waals surface area contributed by atoms with E-state index in [2.05, 4.69) is 29.1 Å². The number of methoxy groups -OCH3 is 1. The van der Waals surface area contributed by atoms with Gasteiger partial charge in [-0.3, -0.25) is 4.99 Å². The van der Waals surface area contributed by atoms with E-state index in [1.807, 2.05) is 32.7 Å². The van der Waals surface area contributed by atoms with Crippen LogP contribution in [0.3, 0.4) is 0 Å². The zero-order valence-electron chi connectivity index (χ0n) is 18.9. The molecule has 7 heteroatoms. The van der Waals surface area contributed by atoms with Crippen LogP contribution in [-0.2, 0) is 9.47 Å². The molecule has 1 N–H and O–H groups in total. The third-order valence-electron chi connectivity index (χ3n) is 5.42. The molecule has 1 amide bonds. The molecule has 1 saturated carbocycles. The predicted octanol–water partition coefficient (Wildman–Crippen LogP) is 3.10. The fourth-order valence-electron chi connectivity index (χ4n) is 3.36. The van der Waals surface area contributed by atoms with Crippen LogP contribution in [0.25, 0.3) is 0 Å². The molecule has 2 rings (SSSR count). The molecule has 0 unspecified atom stereocenters. The van der Waals surface area contributed by atoms with Gasteiger partial charge in [-0.05, 0) is 66.2 Å². The van der Waals surface area contributed by atoms with E-state index in [1.54, 1.807) is 7.11 Å². The van der Waals surface area contributed by atoms with Crippen molar-refractivity contribution < 1.29 is 14.3 Å². The van der Waals surface area contributed by atoms with Gasteiger partial charge in [0.05, 0.1) is 5.60 Å². The predicted molar refractivity (Wildman–Crippen MR) is 113 cm³/mol. The summed E-state index contributed by atoms with van der Waals surface area (Å²) in [7, 11) is 3.54. The fourth-order valence-corrected chi connectivity index (χ4v) is 3.36. The molecule has 0 bridgehead atoms. The highest BCUT2D eigenvalue weighted by atomic mass is 16.6. The second-order valence-corrected chi connectivity index (χ2v) is 9.66. The highest BCUT2D eigenvalue weighted by molar-refractivity contribution is 5.80. The highest BCUT2D eigenvalue weighted by Gasteiger charge is 2.35. The number of hydrogen-bond donors (Lipinski definition) is 1. The van der Waals surface area contributed by atoms with E-state index in [1.165, 1.54) is 12.8 Å². The van der Waals surface area contributed by atoms with Crippen molar-refractivity contribution >= 4 is 12.1 Å². The molecule has 2 fully saturated rings. The molecule has 0 aromatic carbocycles. The number of ether oxygens (including phenoxy) is 2. The van der Waals surface area contributed by atoms with Gasteiger partial charge in [-0.25, -0.2) is 4.79 Å². The van der Waals surface area contributed by atoms with Gasteiger partial charge in [0, 0.05) is 46.4 Å². The van der Waals surface area contributed by atoms with E-state index >= 15 is 0 Å². The molecule has 28 heavy (non-hydrogen) atoms. The summed E-state index contributed by atoms with van der Waals surface area (Å²) in [5.41, 5.74) is -0.703. The minimum atomic E-state index is -0.459. The lowest BCUT2D eigenvalue weighted by Gasteiger charge is -2.40. The van der Waals surface area contributed by atoms with Crippen molar-refractivity contribution in [1.29, 1.82) is 0 Å². The van der Waals surface area contributed by atoms with Crippen molar-refractivity contribution in [1.82, 2.24) is 15.1 Å². The van der Waals surface area contributed by atoms with E-state index in [0.29, 0.717) is 12.5 Å². The van der Waals surface area contributed by atoms with Crippen molar-refractivity contribution in [3.8, 4) is 0 Å². The van der Waals surface area contributed by atoms with E-state index in [0.717, 1.165) is 38.4 Å². The number of hydrogen-bond acceptors (Lipinski definition) is 4. The monoisotopic (exact) mass is 396 g/mol. The maximum atomic E-state index is 12.8. The largest absolute Gasteiger partial charge is 0.444 e. The molecule has 2 aliphatic rings. The Bertz CT molecular complexity index is 544. The molecular formula is C21H40N4O3. The molecule has 1 aliphatic heterocycles. The Balaban J connectivity index is 1.92. The van der Waals surface area contributed by atoms with Crippen LogP contribution in [0.5, 0.6) is 0 Å². The van der Waals surface area contributed by atoms with E-state index in [-0.39, 0.29) is 17.7 Å². The van der Waals surface area contributed by atoms with E-state index < -0.39 is 5.60 Å². The van der Waals surface area contributed by atoms with Gasteiger partial charge in [0.2, 0.25) is 0 Å². The molecule has 162 valence electrons. The van der Waals surface area contributed by atoms with E-state index in [4.69, 9.17) is 9.47 Å². The van der Waals surface area contributed by atoms with E-state index in [9.17, 15) is 4.79 Å². The van der Waals surface area contributed by atoms with Gasteiger partial charge < -0.3 is 24.6 Å². The second-order valence-electron chi connectivity index (χ2n) is 9.66.